The second-order valence-electron chi connectivity index (χ2n) is 5.21. The monoisotopic (exact) mass is 408 g/mol. The Kier molecular flexibility index (Phi) is 5.11. The van der Waals surface area contributed by atoms with Crippen LogP contribution in [-0.4, -0.2) is 31.7 Å². The van der Waals surface area contributed by atoms with Gasteiger partial charge in [0.25, 0.3) is 5.91 Å². The van der Waals surface area contributed by atoms with Crippen molar-refractivity contribution in [3.05, 3.63) is 45.4 Å². The number of carbonyl (C=O) groups is 1. The van der Waals surface area contributed by atoms with Crippen LogP contribution >= 0.6 is 27.3 Å². The van der Waals surface area contributed by atoms with Gasteiger partial charge in [0.2, 0.25) is 0 Å². The number of ether oxygens (including phenoxy) is 2. The highest BCUT2D eigenvalue weighted by molar-refractivity contribution is 9.11. The van der Waals surface area contributed by atoms with Crippen LogP contribution in [0.3, 0.4) is 0 Å². The summed E-state index contributed by atoms with van der Waals surface area (Å²) in [5.74, 6) is 1.29. The molecule has 1 aromatic carbocycles. The maximum absolute atomic E-state index is 12.2. The van der Waals surface area contributed by atoms with Gasteiger partial charge in [-0.05, 0) is 52.2 Å². The molecule has 3 aromatic rings. The lowest BCUT2D eigenvalue weighted by Crippen LogP contribution is -2.25. The van der Waals surface area contributed by atoms with Crippen LogP contribution in [0.1, 0.15) is 16.1 Å². The minimum absolute atomic E-state index is 0.102. The van der Waals surface area contributed by atoms with E-state index in [4.69, 9.17) is 9.47 Å². The molecule has 0 aliphatic heterocycles. The van der Waals surface area contributed by atoms with E-state index in [9.17, 15) is 4.79 Å². The van der Waals surface area contributed by atoms with Crippen molar-refractivity contribution in [3.8, 4) is 11.5 Å². The summed E-state index contributed by atoms with van der Waals surface area (Å²) in [5.41, 5.74) is 1.65. The molecular weight excluding hydrogens is 392 g/mol. The molecule has 0 aliphatic rings. The molecule has 0 fully saturated rings. The van der Waals surface area contributed by atoms with E-state index in [0.717, 1.165) is 19.6 Å². The van der Waals surface area contributed by atoms with E-state index in [0.29, 0.717) is 30.2 Å². The van der Waals surface area contributed by atoms with Gasteiger partial charge in [-0.2, -0.15) is 0 Å². The number of nitrogens with one attached hydrogen (secondary N) is 2. The Morgan fingerprint density at radius 3 is 2.71 bits per heavy atom. The average Bonchev–Trinajstić information content (AvgIpc) is 3.11. The zero-order chi connectivity index (χ0) is 17.1. The number of aromatic nitrogens is 1. The maximum atomic E-state index is 12.2. The lowest BCUT2D eigenvalue weighted by atomic mass is 10.1. The molecule has 0 bridgehead atoms. The predicted octanol–water partition coefficient (Wildman–Crippen LogP) is 3.98. The lowest BCUT2D eigenvalue weighted by Gasteiger charge is -2.10. The summed E-state index contributed by atoms with van der Waals surface area (Å²) in [6, 6.07) is 9.62. The Morgan fingerprint density at radius 1 is 1.21 bits per heavy atom. The fourth-order valence-corrected chi connectivity index (χ4v) is 3.98. The molecule has 0 saturated heterocycles. The smallest absolute Gasteiger partial charge is 0.267 e. The Balaban J connectivity index is 1.59. The van der Waals surface area contributed by atoms with Gasteiger partial charge in [-0.1, -0.05) is 6.07 Å². The number of thiophene rings is 1. The van der Waals surface area contributed by atoms with E-state index in [-0.39, 0.29) is 5.91 Å². The molecule has 2 N–H and O–H groups in total. The Labute approximate surface area is 152 Å². The van der Waals surface area contributed by atoms with Crippen molar-refractivity contribution in [1.82, 2.24) is 10.3 Å². The van der Waals surface area contributed by atoms with E-state index in [1.165, 1.54) is 0 Å². The summed E-state index contributed by atoms with van der Waals surface area (Å²) < 4.78 is 11.6. The highest BCUT2D eigenvalue weighted by Gasteiger charge is 2.11. The summed E-state index contributed by atoms with van der Waals surface area (Å²) in [5, 5.41) is 3.97. The van der Waals surface area contributed by atoms with Crippen LogP contribution in [0, 0.1) is 0 Å². The molecule has 24 heavy (non-hydrogen) atoms. The second kappa shape index (κ2) is 7.27. The van der Waals surface area contributed by atoms with Gasteiger partial charge < -0.3 is 19.8 Å². The first kappa shape index (κ1) is 16.9. The fraction of sp³-hybridized carbons (Fsp3) is 0.235. The average molecular weight is 409 g/mol. The van der Waals surface area contributed by atoms with Crippen molar-refractivity contribution in [2.45, 2.75) is 6.42 Å². The highest BCUT2D eigenvalue weighted by atomic mass is 79.9. The summed E-state index contributed by atoms with van der Waals surface area (Å²) in [7, 11) is 3.22. The Bertz CT molecular complexity index is 840. The normalized spacial score (nSPS) is 10.8. The van der Waals surface area contributed by atoms with Crippen molar-refractivity contribution >= 4 is 43.4 Å². The van der Waals surface area contributed by atoms with Gasteiger partial charge in [-0.3, -0.25) is 4.79 Å². The molecule has 0 aliphatic carbocycles. The number of hydrogen-bond donors (Lipinski definition) is 2. The van der Waals surface area contributed by atoms with Crippen LogP contribution in [0.25, 0.3) is 10.2 Å². The van der Waals surface area contributed by atoms with Crippen molar-refractivity contribution < 1.29 is 14.3 Å². The van der Waals surface area contributed by atoms with E-state index in [2.05, 4.69) is 26.2 Å². The number of halogens is 1. The van der Waals surface area contributed by atoms with Crippen LogP contribution in [0.15, 0.2) is 34.1 Å². The van der Waals surface area contributed by atoms with E-state index >= 15 is 0 Å². The molecular formula is C17H17BrN2O3S. The number of carbonyl (C=O) groups excluding carboxylic acids is 1. The number of benzene rings is 1. The molecule has 0 saturated carbocycles. The number of fused-ring (bicyclic) bond motifs is 1. The van der Waals surface area contributed by atoms with Gasteiger partial charge in [0, 0.05) is 11.9 Å². The molecule has 0 radical (unpaired) electrons. The first-order chi connectivity index (χ1) is 11.6. The Morgan fingerprint density at radius 2 is 2.00 bits per heavy atom. The minimum atomic E-state index is -0.102. The number of aromatic amines is 1. The third-order valence-electron chi connectivity index (χ3n) is 3.67. The first-order valence-electron chi connectivity index (χ1n) is 7.38. The maximum Gasteiger partial charge on any atom is 0.267 e. The van der Waals surface area contributed by atoms with Gasteiger partial charge in [-0.25, -0.2) is 0 Å². The number of rotatable bonds is 6. The largest absolute Gasteiger partial charge is 0.493 e. The molecule has 0 atom stereocenters. The van der Waals surface area contributed by atoms with Crippen molar-refractivity contribution in [2.75, 3.05) is 20.8 Å². The molecule has 2 aromatic heterocycles. The van der Waals surface area contributed by atoms with Gasteiger partial charge in [0.1, 0.15) is 10.5 Å². The molecule has 0 unspecified atom stereocenters. The van der Waals surface area contributed by atoms with Crippen LogP contribution in [-0.2, 0) is 6.42 Å². The molecule has 2 heterocycles. The number of hydrogen-bond acceptors (Lipinski definition) is 4. The van der Waals surface area contributed by atoms with Gasteiger partial charge in [0.15, 0.2) is 11.5 Å². The van der Waals surface area contributed by atoms with Crippen molar-refractivity contribution in [1.29, 1.82) is 0 Å². The molecule has 5 nitrogen and oxygen atoms in total. The zero-order valence-electron chi connectivity index (χ0n) is 13.3. The van der Waals surface area contributed by atoms with E-state index < -0.39 is 0 Å². The van der Waals surface area contributed by atoms with E-state index in [1.54, 1.807) is 25.6 Å². The topological polar surface area (TPSA) is 63.3 Å². The number of amides is 1. The van der Waals surface area contributed by atoms with Crippen LogP contribution < -0.4 is 14.8 Å². The fourth-order valence-electron chi connectivity index (χ4n) is 2.47. The summed E-state index contributed by atoms with van der Waals surface area (Å²) in [4.78, 5) is 16.3. The standard InChI is InChI=1S/C17H17BrN2O3S/c1-22-13-4-3-10(7-14(13)23-2)5-6-19-16(21)12-8-11-9-15(18)24-17(11)20-12/h3-4,7-9,20H,5-6H2,1-2H3,(H,19,21). The lowest BCUT2D eigenvalue weighted by molar-refractivity contribution is 0.0950. The molecule has 126 valence electrons. The number of H-pyrrole nitrogens is 1. The summed E-state index contributed by atoms with van der Waals surface area (Å²) >= 11 is 5.01. The second-order valence-corrected chi connectivity index (χ2v) is 7.64. The summed E-state index contributed by atoms with van der Waals surface area (Å²) in [6.07, 6.45) is 0.715. The summed E-state index contributed by atoms with van der Waals surface area (Å²) in [6.45, 7) is 0.546. The van der Waals surface area contributed by atoms with Crippen LogP contribution in [0.5, 0.6) is 11.5 Å². The van der Waals surface area contributed by atoms with Crippen LogP contribution in [0.4, 0.5) is 0 Å². The zero-order valence-corrected chi connectivity index (χ0v) is 15.7. The molecule has 3 rings (SSSR count). The molecule has 0 spiro atoms. The third-order valence-corrected chi connectivity index (χ3v) is 5.24. The molecule has 7 heteroatoms. The third kappa shape index (κ3) is 3.57. The highest BCUT2D eigenvalue weighted by Crippen LogP contribution is 2.30. The minimum Gasteiger partial charge on any atom is -0.493 e. The molecule has 1 amide bonds. The van der Waals surface area contributed by atoms with Gasteiger partial charge in [-0.15, -0.1) is 11.3 Å². The Hall–Kier alpha value is -1.99. The van der Waals surface area contributed by atoms with Gasteiger partial charge in [0.05, 0.1) is 18.0 Å². The predicted molar refractivity (Wildman–Crippen MR) is 99.5 cm³/mol. The van der Waals surface area contributed by atoms with E-state index in [1.807, 2.05) is 30.3 Å². The van der Waals surface area contributed by atoms with Crippen molar-refractivity contribution in [3.63, 3.8) is 0 Å². The first-order valence-corrected chi connectivity index (χ1v) is 8.99. The SMILES string of the molecule is COc1ccc(CCNC(=O)c2cc3cc(Br)sc3[nH]2)cc1OC. The van der Waals surface area contributed by atoms with Gasteiger partial charge >= 0.3 is 0 Å². The quantitative estimate of drug-likeness (QED) is 0.648. The van der Waals surface area contributed by atoms with Crippen LogP contribution in [0.2, 0.25) is 0 Å². The number of methoxy groups -OCH3 is 2. The van der Waals surface area contributed by atoms with Crippen molar-refractivity contribution in [2.24, 2.45) is 0 Å².